The predicted molar refractivity (Wildman–Crippen MR) is 84.6 cm³/mol. The van der Waals surface area contributed by atoms with Crippen molar-refractivity contribution in [1.29, 1.82) is 0 Å². The molecule has 0 radical (unpaired) electrons. The first-order valence-corrected chi connectivity index (χ1v) is 7.28. The molecule has 0 aliphatic carbocycles. The molecule has 0 spiro atoms. The number of carboxylic acid groups (broad SMARTS) is 1. The highest BCUT2D eigenvalue weighted by Crippen LogP contribution is 2.44. The molecule has 2 aromatic carbocycles. The van der Waals surface area contributed by atoms with Crippen molar-refractivity contribution in [1.82, 2.24) is 4.90 Å². The number of carbonyl (C=O) groups is 2. The number of likely N-dealkylation sites (N-methyl/N-ethyl adjacent to an activating group) is 1. The Balaban J connectivity index is 2.23. The summed E-state index contributed by atoms with van der Waals surface area (Å²) < 4.78 is 5.37. The number of hydrogen-bond donors (Lipinski definition) is 1. The van der Waals surface area contributed by atoms with E-state index in [1.54, 1.807) is 43.4 Å². The number of carboxylic acids is 1. The van der Waals surface area contributed by atoms with E-state index in [1.807, 2.05) is 12.1 Å². The monoisotopic (exact) mass is 311 g/mol. The van der Waals surface area contributed by atoms with E-state index in [1.165, 1.54) is 12.0 Å². The molecule has 0 aromatic heterocycles. The lowest BCUT2D eigenvalue weighted by Gasteiger charge is -2.39. The standard InChI is InChI=1S/C18H17NO4/c1-19-16(13-9-5-6-10-14(13)23-2)15(18(21)22)11-7-3-4-8-12(11)17(19)20/h3-10,15-16H,1-2H3,(H,21,22)/t15-,16-/m1/s1. The van der Waals surface area contributed by atoms with E-state index >= 15 is 0 Å². The zero-order valence-corrected chi connectivity index (χ0v) is 12.9. The molecule has 23 heavy (non-hydrogen) atoms. The molecule has 0 bridgehead atoms. The third-order valence-corrected chi connectivity index (χ3v) is 4.30. The number of nitrogens with zero attached hydrogens (tertiary/aromatic N) is 1. The van der Waals surface area contributed by atoms with E-state index in [0.717, 1.165) is 0 Å². The van der Waals surface area contributed by atoms with Gasteiger partial charge in [-0.25, -0.2) is 0 Å². The lowest BCUT2D eigenvalue weighted by Crippen LogP contribution is -2.42. The quantitative estimate of drug-likeness (QED) is 0.946. The lowest BCUT2D eigenvalue weighted by atomic mass is 9.80. The number of hydrogen-bond acceptors (Lipinski definition) is 3. The summed E-state index contributed by atoms with van der Waals surface area (Å²) >= 11 is 0. The van der Waals surface area contributed by atoms with Gasteiger partial charge in [-0.15, -0.1) is 0 Å². The van der Waals surface area contributed by atoms with Gasteiger partial charge in [0.2, 0.25) is 0 Å². The van der Waals surface area contributed by atoms with E-state index in [-0.39, 0.29) is 5.91 Å². The molecule has 1 aliphatic heterocycles. The number of ether oxygens (including phenoxy) is 1. The van der Waals surface area contributed by atoms with Crippen molar-refractivity contribution in [2.24, 2.45) is 0 Å². The van der Waals surface area contributed by atoms with Crippen LogP contribution in [0.3, 0.4) is 0 Å². The van der Waals surface area contributed by atoms with Gasteiger partial charge in [-0.1, -0.05) is 36.4 Å². The van der Waals surface area contributed by atoms with Crippen molar-refractivity contribution in [3.8, 4) is 5.75 Å². The van der Waals surface area contributed by atoms with Gasteiger partial charge in [0.25, 0.3) is 5.91 Å². The smallest absolute Gasteiger partial charge is 0.313 e. The Kier molecular flexibility index (Phi) is 3.78. The number of rotatable bonds is 3. The first-order valence-electron chi connectivity index (χ1n) is 7.28. The molecule has 2 atom stereocenters. The van der Waals surface area contributed by atoms with E-state index in [9.17, 15) is 14.7 Å². The Morgan fingerprint density at radius 2 is 1.70 bits per heavy atom. The molecule has 1 N–H and O–H groups in total. The minimum Gasteiger partial charge on any atom is -0.496 e. The van der Waals surface area contributed by atoms with Gasteiger partial charge in [0.05, 0.1) is 13.2 Å². The topological polar surface area (TPSA) is 66.8 Å². The minimum absolute atomic E-state index is 0.186. The minimum atomic E-state index is -0.965. The molecular formula is C18H17NO4. The molecule has 5 nitrogen and oxygen atoms in total. The van der Waals surface area contributed by atoms with Crippen LogP contribution in [-0.2, 0) is 4.79 Å². The van der Waals surface area contributed by atoms with Crippen LogP contribution in [0.2, 0.25) is 0 Å². The highest BCUT2D eigenvalue weighted by Gasteiger charge is 2.43. The first-order chi connectivity index (χ1) is 11.1. The van der Waals surface area contributed by atoms with Crippen molar-refractivity contribution in [3.05, 3.63) is 65.2 Å². The zero-order valence-electron chi connectivity index (χ0n) is 12.9. The Hall–Kier alpha value is -2.82. The molecule has 1 heterocycles. The fraction of sp³-hybridized carbons (Fsp3) is 0.222. The van der Waals surface area contributed by atoms with Crippen LogP contribution in [0.1, 0.15) is 33.4 Å². The number of aliphatic carboxylic acids is 1. The number of carbonyl (C=O) groups excluding carboxylic acids is 1. The SMILES string of the molecule is COc1ccccc1[C@@H]1[C@H](C(=O)O)c2ccccc2C(=O)N1C. The molecule has 118 valence electrons. The van der Waals surface area contributed by atoms with Gasteiger partial charge in [-0.05, 0) is 17.7 Å². The van der Waals surface area contributed by atoms with Crippen molar-refractivity contribution in [2.45, 2.75) is 12.0 Å². The summed E-state index contributed by atoms with van der Waals surface area (Å²) in [5.41, 5.74) is 1.67. The van der Waals surface area contributed by atoms with Crippen LogP contribution < -0.4 is 4.74 Å². The first kappa shape index (κ1) is 15.1. The van der Waals surface area contributed by atoms with Crippen molar-refractivity contribution in [2.75, 3.05) is 14.2 Å². The summed E-state index contributed by atoms with van der Waals surface area (Å²) in [5, 5.41) is 9.81. The molecule has 0 unspecified atom stereocenters. The summed E-state index contributed by atoms with van der Waals surface area (Å²) in [7, 11) is 3.17. The number of fused-ring (bicyclic) bond motifs is 1. The van der Waals surface area contributed by atoms with Gasteiger partial charge >= 0.3 is 5.97 Å². The fourth-order valence-electron chi connectivity index (χ4n) is 3.24. The van der Waals surface area contributed by atoms with E-state index in [2.05, 4.69) is 0 Å². The second-order valence-electron chi connectivity index (χ2n) is 5.51. The van der Waals surface area contributed by atoms with Crippen LogP contribution in [0, 0.1) is 0 Å². The summed E-state index contributed by atoms with van der Waals surface area (Å²) in [5.74, 6) is -1.42. The van der Waals surface area contributed by atoms with Crippen molar-refractivity contribution < 1.29 is 19.4 Å². The van der Waals surface area contributed by atoms with Crippen molar-refractivity contribution in [3.63, 3.8) is 0 Å². The number of para-hydroxylation sites is 1. The van der Waals surface area contributed by atoms with Crippen LogP contribution in [0.25, 0.3) is 0 Å². The predicted octanol–water partition coefficient (Wildman–Crippen LogP) is 2.69. The van der Waals surface area contributed by atoms with Crippen LogP contribution >= 0.6 is 0 Å². The molecule has 1 aliphatic rings. The Labute approximate surface area is 134 Å². The van der Waals surface area contributed by atoms with E-state index in [4.69, 9.17) is 4.74 Å². The van der Waals surface area contributed by atoms with Crippen molar-refractivity contribution >= 4 is 11.9 Å². The molecule has 0 fully saturated rings. The Morgan fingerprint density at radius 1 is 1.09 bits per heavy atom. The lowest BCUT2D eigenvalue weighted by molar-refractivity contribution is -0.140. The van der Waals surface area contributed by atoms with Gasteiger partial charge in [0.15, 0.2) is 0 Å². The fourth-order valence-corrected chi connectivity index (χ4v) is 3.24. The molecule has 2 aromatic rings. The summed E-state index contributed by atoms with van der Waals surface area (Å²) in [6.07, 6.45) is 0. The highest BCUT2D eigenvalue weighted by atomic mass is 16.5. The van der Waals surface area contributed by atoms with Gasteiger partial charge < -0.3 is 14.7 Å². The maximum Gasteiger partial charge on any atom is 0.313 e. The summed E-state index contributed by atoms with van der Waals surface area (Å²) in [6.45, 7) is 0. The summed E-state index contributed by atoms with van der Waals surface area (Å²) in [6, 6.07) is 13.5. The van der Waals surface area contributed by atoms with Crippen LogP contribution in [0.15, 0.2) is 48.5 Å². The molecule has 3 rings (SSSR count). The Morgan fingerprint density at radius 3 is 2.35 bits per heavy atom. The normalized spacial score (nSPS) is 20.1. The number of methoxy groups -OCH3 is 1. The molecule has 0 saturated heterocycles. The molecule has 5 heteroatoms. The Bertz CT molecular complexity index is 771. The average Bonchev–Trinajstić information content (AvgIpc) is 2.57. The zero-order chi connectivity index (χ0) is 16.6. The van der Waals surface area contributed by atoms with Crippen LogP contribution in [-0.4, -0.2) is 36.0 Å². The summed E-state index contributed by atoms with van der Waals surface area (Å²) in [4.78, 5) is 26.1. The van der Waals surface area contributed by atoms with E-state index in [0.29, 0.717) is 22.4 Å². The van der Waals surface area contributed by atoms with Gasteiger partial charge in [-0.3, -0.25) is 9.59 Å². The molecular weight excluding hydrogens is 294 g/mol. The number of amides is 1. The molecule has 1 amide bonds. The van der Waals surface area contributed by atoms with Gasteiger partial charge in [0, 0.05) is 18.2 Å². The maximum absolute atomic E-state index is 12.7. The van der Waals surface area contributed by atoms with Crippen LogP contribution in [0.5, 0.6) is 5.75 Å². The molecule has 0 saturated carbocycles. The maximum atomic E-state index is 12.7. The average molecular weight is 311 g/mol. The highest BCUT2D eigenvalue weighted by molar-refractivity contribution is 6.00. The second-order valence-corrected chi connectivity index (χ2v) is 5.51. The second kappa shape index (κ2) is 5.76. The van der Waals surface area contributed by atoms with Crippen LogP contribution in [0.4, 0.5) is 0 Å². The largest absolute Gasteiger partial charge is 0.496 e. The third-order valence-electron chi connectivity index (χ3n) is 4.30. The van der Waals surface area contributed by atoms with E-state index < -0.39 is 17.9 Å². The number of benzene rings is 2. The third kappa shape index (κ3) is 2.34. The van der Waals surface area contributed by atoms with Gasteiger partial charge in [-0.2, -0.15) is 0 Å². The van der Waals surface area contributed by atoms with Gasteiger partial charge in [0.1, 0.15) is 11.7 Å².